The number of aromatic nitrogens is 4. The van der Waals surface area contributed by atoms with Gasteiger partial charge < -0.3 is 17.9 Å². The monoisotopic (exact) mass is 846 g/mol. The second kappa shape index (κ2) is 12.1. The standard InChI is InChI=1S/C62H46N4/c1-61(2,3)53-51-43-27-17-25-41-50-48(34-32-40-38-24-14-16-30-46(38)64(58(40)50)36-21-11-8-12-22-36)66(55(41)43)60(51)54(62(4,5)6)52-44-28-18-26-42-49-47(65(56(42)44)59(52)53)33-31-39-37-23-13-15-29-45(37)63(57(39)49)35-19-9-7-10-20-35/h7-34H,1-6H3. The maximum atomic E-state index is 2.69. The van der Waals surface area contributed by atoms with E-state index in [1.165, 1.54) is 142 Å². The van der Waals surface area contributed by atoms with Gasteiger partial charge in [0.2, 0.25) is 0 Å². The van der Waals surface area contributed by atoms with Crippen LogP contribution in [0.25, 0.3) is 131 Å². The van der Waals surface area contributed by atoms with Gasteiger partial charge in [-0.1, -0.05) is 163 Å². The van der Waals surface area contributed by atoms with Crippen LogP contribution in [0.1, 0.15) is 52.7 Å². The van der Waals surface area contributed by atoms with Crippen molar-refractivity contribution in [2.24, 2.45) is 0 Å². The van der Waals surface area contributed by atoms with Gasteiger partial charge in [-0.05, 0) is 70.5 Å². The predicted octanol–water partition coefficient (Wildman–Crippen LogP) is 16.8. The molecule has 0 N–H and O–H groups in total. The molecule has 0 fully saturated rings. The van der Waals surface area contributed by atoms with E-state index in [1.54, 1.807) is 0 Å². The van der Waals surface area contributed by atoms with Crippen LogP contribution in [-0.2, 0) is 10.8 Å². The molecule has 0 aliphatic carbocycles. The molecule has 0 saturated heterocycles. The van der Waals surface area contributed by atoms with Gasteiger partial charge in [-0.3, -0.25) is 0 Å². The van der Waals surface area contributed by atoms with Crippen LogP contribution in [0.15, 0.2) is 170 Å². The third-order valence-electron chi connectivity index (χ3n) is 15.1. The molecule has 6 heterocycles. The van der Waals surface area contributed by atoms with Crippen LogP contribution in [0.2, 0.25) is 0 Å². The third kappa shape index (κ3) is 4.27. The quantitative estimate of drug-likeness (QED) is 0.165. The predicted molar refractivity (Wildman–Crippen MR) is 282 cm³/mol. The van der Waals surface area contributed by atoms with Crippen LogP contribution in [0.5, 0.6) is 0 Å². The molecule has 15 rings (SSSR count). The van der Waals surface area contributed by atoms with Gasteiger partial charge in [0.25, 0.3) is 0 Å². The Labute approximate surface area is 380 Å². The largest absolute Gasteiger partial charge is 0.309 e. The van der Waals surface area contributed by atoms with Crippen LogP contribution < -0.4 is 0 Å². The number of hydrogen-bond acceptors (Lipinski definition) is 0. The summed E-state index contributed by atoms with van der Waals surface area (Å²) in [6, 6.07) is 63.6. The summed E-state index contributed by atoms with van der Waals surface area (Å²) in [5.74, 6) is 0. The summed E-state index contributed by atoms with van der Waals surface area (Å²) < 4.78 is 10.4. The molecule has 0 aliphatic rings. The lowest BCUT2D eigenvalue weighted by molar-refractivity contribution is 0.592. The van der Waals surface area contributed by atoms with Gasteiger partial charge in [0.05, 0.1) is 55.2 Å². The molecule has 0 aliphatic heterocycles. The summed E-state index contributed by atoms with van der Waals surface area (Å²) in [6.07, 6.45) is 0. The first-order chi connectivity index (χ1) is 32.1. The Hall–Kier alpha value is -7.82. The van der Waals surface area contributed by atoms with Crippen molar-refractivity contribution in [1.29, 1.82) is 0 Å². The summed E-state index contributed by atoms with van der Waals surface area (Å²) in [7, 11) is 0. The van der Waals surface area contributed by atoms with Gasteiger partial charge in [-0.2, -0.15) is 0 Å². The molecule has 0 unspecified atom stereocenters. The molecule has 314 valence electrons. The van der Waals surface area contributed by atoms with Gasteiger partial charge in [0.1, 0.15) is 0 Å². The minimum absolute atomic E-state index is 0.215. The van der Waals surface area contributed by atoms with Gasteiger partial charge in [-0.15, -0.1) is 0 Å². The molecule has 0 amide bonds. The fraction of sp³-hybridized carbons (Fsp3) is 0.129. The summed E-state index contributed by atoms with van der Waals surface area (Å²) in [5.41, 5.74) is 17.5. The Morgan fingerprint density at radius 3 is 1.00 bits per heavy atom. The van der Waals surface area contributed by atoms with E-state index in [0.717, 1.165) is 0 Å². The van der Waals surface area contributed by atoms with Crippen molar-refractivity contribution < 1.29 is 0 Å². The molecule has 15 aromatic rings. The molecule has 4 heteroatoms. The Morgan fingerprint density at radius 1 is 0.258 bits per heavy atom. The molecule has 0 spiro atoms. The van der Waals surface area contributed by atoms with E-state index in [-0.39, 0.29) is 10.8 Å². The van der Waals surface area contributed by atoms with Crippen molar-refractivity contribution in [3.63, 3.8) is 0 Å². The maximum absolute atomic E-state index is 2.69. The number of fused-ring (bicyclic) bond motifs is 20. The lowest BCUT2D eigenvalue weighted by Crippen LogP contribution is -2.18. The summed E-state index contributed by atoms with van der Waals surface area (Å²) >= 11 is 0. The zero-order chi connectivity index (χ0) is 44.1. The summed E-state index contributed by atoms with van der Waals surface area (Å²) in [4.78, 5) is 0. The fourth-order valence-corrected chi connectivity index (χ4v) is 12.9. The lowest BCUT2D eigenvalue weighted by atomic mass is 9.76. The van der Waals surface area contributed by atoms with Gasteiger partial charge in [0, 0.05) is 76.0 Å². The smallest absolute Gasteiger partial charge is 0.0641 e. The zero-order valence-electron chi connectivity index (χ0n) is 38.0. The van der Waals surface area contributed by atoms with E-state index < -0.39 is 0 Å². The molecule has 6 aromatic heterocycles. The minimum Gasteiger partial charge on any atom is -0.309 e. The van der Waals surface area contributed by atoms with Crippen LogP contribution in [0.4, 0.5) is 0 Å². The van der Waals surface area contributed by atoms with E-state index in [1.807, 2.05) is 0 Å². The first-order valence-corrected chi connectivity index (χ1v) is 23.5. The molecular weight excluding hydrogens is 801 g/mol. The highest BCUT2D eigenvalue weighted by Gasteiger charge is 2.37. The van der Waals surface area contributed by atoms with Crippen LogP contribution in [0.3, 0.4) is 0 Å². The lowest BCUT2D eigenvalue weighted by Gasteiger charge is -2.28. The summed E-state index contributed by atoms with van der Waals surface area (Å²) in [5, 5.41) is 15.7. The normalized spacial score (nSPS) is 13.3. The van der Waals surface area contributed by atoms with Gasteiger partial charge >= 0.3 is 0 Å². The van der Waals surface area contributed by atoms with E-state index >= 15 is 0 Å². The molecule has 9 aromatic carbocycles. The second-order valence-electron chi connectivity index (χ2n) is 20.9. The van der Waals surface area contributed by atoms with Crippen LogP contribution in [-0.4, -0.2) is 17.9 Å². The third-order valence-corrected chi connectivity index (χ3v) is 15.1. The van der Waals surface area contributed by atoms with Crippen molar-refractivity contribution in [2.75, 3.05) is 0 Å². The van der Waals surface area contributed by atoms with Crippen molar-refractivity contribution in [3.8, 4) is 11.4 Å². The Bertz CT molecular complexity index is 4260. The number of rotatable bonds is 2. The highest BCUT2D eigenvalue weighted by atomic mass is 15.0. The van der Waals surface area contributed by atoms with Crippen LogP contribution >= 0.6 is 0 Å². The van der Waals surface area contributed by atoms with E-state index in [4.69, 9.17) is 0 Å². The average molecular weight is 847 g/mol. The first-order valence-electron chi connectivity index (χ1n) is 23.5. The number of nitrogens with zero attached hydrogens (tertiary/aromatic N) is 4. The molecule has 0 radical (unpaired) electrons. The minimum atomic E-state index is -0.215. The number of benzene rings is 9. The highest BCUT2D eigenvalue weighted by molar-refractivity contribution is 6.36. The van der Waals surface area contributed by atoms with Crippen LogP contribution in [0, 0.1) is 0 Å². The molecule has 0 bridgehead atoms. The number of para-hydroxylation sites is 6. The second-order valence-corrected chi connectivity index (χ2v) is 20.9. The molecule has 0 saturated carbocycles. The van der Waals surface area contributed by atoms with Gasteiger partial charge in [0.15, 0.2) is 0 Å². The number of hydrogen-bond donors (Lipinski definition) is 0. The zero-order valence-corrected chi connectivity index (χ0v) is 38.0. The Morgan fingerprint density at radius 2 is 0.606 bits per heavy atom. The van der Waals surface area contributed by atoms with E-state index in [0.29, 0.717) is 0 Å². The SMILES string of the molecule is CC(C)(C)c1c2c3cccc4c5c6c(ccc5n(c2c(C(C)(C)C)c2c5cccc7c8c9c(ccc8n(c12)c57)c1ccccc1n9-c1ccccc1)c34)c1ccccc1n6-c1ccccc1. The van der Waals surface area contributed by atoms with E-state index in [9.17, 15) is 0 Å². The summed E-state index contributed by atoms with van der Waals surface area (Å²) in [6.45, 7) is 14.6. The van der Waals surface area contributed by atoms with Crippen molar-refractivity contribution in [1.82, 2.24) is 17.9 Å². The fourth-order valence-electron chi connectivity index (χ4n) is 12.9. The molecule has 0 atom stereocenters. The Balaban J connectivity index is 1.20. The molecule has 66 heavy (non-hydrogen) atoms. The van der Waals surface area contributed by atoms with Crippen molar-refractivity contribution in [3.05, 3.63) is 181 Å². The average Bonchev–Trinajstić information content (AvgIpc) is 4.16. The van der Waals surface area contributed by atoms with Crippen molar-refractivity contribution in [2.45, 2.75) is 52.4 Å². The Kier molecular flexibility index (Phi) is 6.69. The molecular formula is C62H46N4. The molecule has 4 nitrogen and oxygen atoms in total. The van der Waals surface area contributed by atoms with E-state index in [2.05, 4.69) is 229 Å². The topological polar surface area (TPSA) is 18.7 Å². The van der Waals surface area contributed by atoms with Gasteiger partial charge in [-0.25, -0.2) is 0 Å². The highest BCUT2D eigenvalue weighted by Crippen LogP contribution is 2.55. The maximum Gasteiger partial charge on any atom is 0.0641 e. The van der Waals surface area contributed by atoms with Crippen molar-refractivity contribution >= 4 is 120 Å². The first kappa shape index (κ1) is 36.5.